The Morgan fingerprint density at radius 2 is 1.86 bits per heavy atom. The molecule has 0 bridgehead atoms. The Labute approximate surface area is 165 Å². The molecule has 29 heavy (non-hydrogen) atoms. The standard InChI is InChI=1S/C16H13N5O6S2/c1-9-15(19-18-11-7-6-10(8-13(11)22)29(25,26)27)16-17-12-4-2-3-5-14(12)28(23,24)21(16)20-9/h2-8,17,22H,1H3,(H,25,26,27)/b19-18+. The summed E-state index contributed by atoms with van der Waals surface area (Å²) in [5.74, 6) is -0.451. The van der Waals surface area contributed by atoms with E-state index >= 15 is 0 Å². The van der Waals surface area contributed by atoms with Crippen molar-refractivity contribution in [2.24, 2.45) is 10.2 Å². The molecule has 1 aromatic heterocycles. The summed E-state index contributed by atoms with van der Waals surface area (Å²) in [5.41, 5.74) is 0.663. The van der Waals surface area contributed by atoms with Gasteiger partial charge in [0.05, 0.1) is 16.3 Å². The Balaban J connectivity index is 1.77. The number of phenolic OH excluding ortho intramolecular Hbond substituents is 1. The van der Waals surface area contributed by atoms with E-state index in [1.165, 1.54) is 6.07 Å². The number of nitrogens with one attached hydrogen (secondary N) is 1. The van der Waals surface area contributed by atoms with Crippen molar-refractivity contribution in [3.05, 3.63) is 48.2 Å². The third-order valence-corrected chi connectivity index (χ3v) is 6.63. The van der Waals surface area contributed by atoms with Gasteiger partial charge in [0.2, 0.25) is 0 Å². The highest BCUT2D eigenvalue weighted by molar-refractivity contribution is 7.90. The zero-order valence-corrected chi connectivity index (χ0v) is 16.3. The first-order valence-corrected chi connectivity index (χ1v) is 10.9. The zero-order valence-electron chi connectivity index (χ0n) is 14.7. The molecular weight excluding hydrogens is 422 g/mol. The van der Waals surface area contributed by atoms with Crippen LogP contribution in [0.4, 0.5) is 22.9 Å². The third-order valence-electron chi connectivity index (χ3n) is 4.15. The molecule has 2 aromatic carbocycles. The molecule has 1 aliphatic heterocycles. The first-order valence-electron chi connectivity index (χ1n) is 8.02. The molecule has 0 atom stereocenters. The second kappa shape index (κ2) is 6.37. The van der Waals surface area contributed by atoms with E-state index in [1.807, 2.05) is 0 Å². The highest BCUT2D eigenvalue weighted by Gasteiger charge is 2.33. The molecule has 13 heteroatoms. The highest BCUT2D eigenvalue weighted by Crippen LogP contribution is 2.41. The van der Waals surface area contributed by atoms with Gasteiger partial charge in [0.25, 0.3) is 20.1 Å². The smallest absolute Gasteiger partial charge is 0.294 e. The average Bonchev–Trinajstić information content (AvgIpc) is 2.96. The van der Waals surface area contributed by atoms with E-state index in [4.69, 9.17) is 4.55 Å². The molecule has 11 nitrogen and oxygen atoms in total. The van der Waals surface area contributed by atoms with Crippen molar-refractivity contribution in [1.29, 1.82) is 0 Å². The fourth-order valence-electron chi connectivity index (χ4n) is 2.76. The maximum atomic E-state index is 12.8. The first kappa shape index (κ1) is 19.0. The van der Waals surface area contributed by atoms with Gasteiger partial charge in [0.15, 0.2) is 11.5 Å². The number of para-hydroxylation sites is 1. The minimum Gasteiger partial charge on any atom is -0.506 e. The summed E-state index contributed by atoms with van der Waals surface area (Å²) in [7, 11) is -8.40. The van der Waals surface area contributed by atoms with Crippen LogP contribution in [0.25, 0.3) is 0 Å². The quantitative estimate of drug-likeness (QED) is 0.327. The monoisotopic (exact) mass is 435 g/mol. The largest absolute Gasteiger partial charge is 0.506 e. The summed E-state index contributed by atoms with van der Waals surface area (Å²) in [5, 5.41) is 24.8. The van der Waals surface area contributed by atoms with Gasteiger partial charge in [0.1, 0.15) is 16.3 Å². The normalized spacial score (nSPS) is 15.0. The summed E-state index contributed by atoms with van der Waals surface area (Å²) in [6.07, 6.45) is 0. The summed E-state index contributed by atoms with van der Waals surface area (Å²) in [6.45, 7) is 1.54. The van der Waals surface area contributed by atoms with Crippen molar-refractivity contribution < 1.29 is 26.5 Å². The first-order chi connectivity index (χ1) is 13.6. The molecule has 3 aromatic rings. The van der Waals surface area contributed by atoms with Crippen molar-refractivity contribution in [3.8, 4) is 5.75 Å². The fourth-order valence-corrected chi connectivity index (χ4v) is 4.70. The van der Waals surface area contributed by atoms with E-state index < -0.39 is 30.8 Å². The number of nitrogens with zero attached hydrogens (tertiary/aromatic N) is 4. The van der Waals surface area contributed by atoms with E-state index in [0.29, 0.717) is 5.69 Å². The lowest BCUT2D eigenvalue weighted by Gasteiger charge is -2.19. The molecule has 4 rings (SSSR count). The van der Waals surface area contributed by atoms with Gasteiger partial charge >= 0.3 is 0 Å². The summed E-state index contributed by atoms with van der Waals surface area (Å²) >= 11 is 0. The minimum absolute atomic E-state index is 0.0666. The Morgan fingerprint density at radius 1 is 1.14 bits per heavy atom. The van der Waals surface area contributed by atoms with Gasteiger partial charge in [-0.25, -0.2) is 0 Å². The van der Waals surface area contributed by atoms with Crippen LogP contribution in [0.1, 0.15) is 5.69 Å². The number of hydrogen-bond donors (Lipinski definition) is 3. The summed E-state index contributed by atoms with van der Waals surface area (Å²) < 4.78 is 57.7. The van der Waals surface area contributed by atoms with Crippen molar-refractivity contribution in [2.75, 3.05) is 5.32 Å². The zero-order chi connectivity index (χ0) is 21.0. The van der Waals surface area contributed by atoms with Gasteiger partial charge in [-0.1, -0.05) is 12.1 Å². The molecule has 3 N–H and O–H groups in total. The SMILES string of the molecule is Cc1nn2c(c1/N=N/c1ccc(S(=O)(=O)O)cc1O)Nc1ccccc1S2(=O)=O. The Kier molecular flexibility index (Phi) is 4.18. The van der Waals surface area contributed by atoms with Crippen molar-refractivity contribution in [3.63, 3.8) is 0 Å². The van der Waals surface area contributed by atoms with E-state index in [2.05, 4.69) is 20.6 Å². The van der Waals surface area contributed by atoms with E-state index in [-0.39, 0.29) is 27.8 Å². The molecule has 0 aliphatic carbocycles. The summed E-state index contributed by atoms with van der Waals surface area (Å²) in [4.78, 5) is -0.436. The Hall–Kier alpha value is -3.29. The molecule has 0 amide bonds. The molecule has 0 saturated carbocycles. The number of azo groups is 1. The average molecular weight is 435 g/mol. The van der Waals surface area contributed by atoms with Crippen LogP contribution in [0.5, 0.6) is 5.75 Å². The topological polar surface area (TPSA) is 163 Å². The van der Waals surface area contributed by atoms with Crippen LogP contribution in [-0.4, -0.2) is 35.7 Å². The van der Waals surface area contributed by atoms with Gasteiger partial charge in [-0.3, -0.25) is 4.55 Å². The van der Waals surface area contributed by atoms with Crippen LogP contribution in [0.2, 0.25) is 0 Å². The second-order valence-corrected chi connectivity index (χ2v) is 9.23. The van der Waals surface area contributed by atoms with Crippen molar-refractivity contribution >= 4 is 43.0 Å². The van der Waals surface area contributed by atoms with Gasteiger partial charge in [0, 0.05) is 6.07 Å². The molecule has 2 heterocycles. The maximum absolute atomic E-state index is 12.8. The van der Waals surface area contributed by atoms with Crippen LogP contribution in [0.15, 0.2) is 62.5 Å². The molecule has 1 aliphatic rings. The molecule has 0 saturated heterocycles. The third kappa shape index (κ3) is 3.14. The van der Waals surface area contributed by atoms with Gasteiger partial charge < -0.3 is 10.4 Å². The number of anilines is 2. The Morgan fingerprint density at radius 3 is 2.55 bits per heavy atom. The van der Waals surface area contributed by atoms with E-state index in [0.717, 1.165) is 22.3 Å². The van der Waals surface area contributed by atoms with Gasteiger partial charge in [-0.05, 0) is 31.2 Å². The summed E-state index contributed by atoms with van der Waals surface area (Å²) in [6, 6.07) is 9.33. The number of aromatic nitrogens is 2. The number of aryl methyl sites for hydroxylation is 1. The molecule has 0 unspecified atom stereocenters. The van der Waals surface area contributed by atoms with Crippen molar-refractivity contribution in [1.82, 2.24) is 9.19 Å². The predicted molar refractivity (Wildman–Crippen MR) is 101 cm³/mol. The lowest BCUT2D eigenvalue weighted by molar-refractivity contribution is 0.467. The molecule has 0 spiro atoms. The van der Waals surface area contributed by atoms with Crippen LogP contribution in [-0.2, 0) is 20.1 Å². The highest BCUT2D eigenvalue weighted by atomic mass is 32.2. The molecule has 150 valence electrons. The van der Waals surface area contributed by atoms with Gasteiger partial charge in [-0.2, -0.15) is 21.9 Å². The lowest BCUT2D eigenvalue weighted by atomic mass is 10.3. The number of aromatic hydroxyl groups is 1. The number of rotatable bonds is 3. The molecule has 0 radical (unpaired) electrons. The Bertz CT molecular complexity index is 1390. The number of benzene rings is 2. The second-order valence-electron chi connectivity index (χ2n) is 6.08. The van der Waals surface area contributed by atoms with Crippen LogP contribution < -0.4 is 5.32 Å². The van der Waals surface area contributed by atoms with E-state index in [9.17, 15) is 21.9 Å². The van der Waals surface area contributed by atoms with E-state index in [1.54, 1.807) is 25.1 Å². The van der Waals surface area contributed by atoms with Gasteiger partial charge in [-0.15, -0.1) is 14.3 Å². The van der Waals surface area contributed by atoms with Crippen molar-refractivity contribution in [2.45, 2.75) is 16.7 Å². The number of fused-ring (bicyclic) bond motifs is 2. The van der Waals surface area contributed by atoms with Crippen LogP contribution in [0.3, 0.4) is 0 Å². The molecular formula is C16H13N5O6S2. The molecule has 0 fully saturated rings. The minimum atomic E-state index is -4.48. The lowest BCUT2D eigenvalue weighted by Crippen LogP contribution is -2.22. The predicted octanol–water partition coefficient (Wildman–Crippen LogP) is 2.85. The number of hydrogen-bond acceptors (Lipinski definition) is 9. The van der Waals surface area contributed by atoms with Crippen LogP contribution >= 0.6 is 0 Å². The maximum Gasteiger partial charge on any atom is 0.294 e. The number of phenols is 1. The fraction of sp³-hybridized carbons (Fsp3) is 0.0625. The van der Waals surface area contributed by atoms with Crippen LogP contribution in [0, 0.1) is 6.92 Å².